The van der Waals surface area contributed by atoms with Crippen LogP contribution in [0, 0.1) is 17.8 Å². The summed E-state index contributed by atoms with van der Waals surface area (Å²) in [5.74, 6) is -3.25. The minimum atomic E-state index is -4.81. The van der Waals surface area contributed by atoms with Gasteiger partial charge in [-0.25, -0.2) is 9.78 Å². The smallest absolute Gasteiger partial charge is 0.493 e. The highest BCUT2D eigenvalue weighted by Crippen LogP contribution is 2.32. The lowest BCUT2D eigenvalue weighted by Crippen LogP contribution is -2.46. The second-order valence-corrected chi connectivity index (χ2v) is 11.8. The number of rotatable bonds is 12. The van der Waals surface area contributed by atoms with Gasteiger partial charge in [-0.2, -0.15) is 0 Å². The molecule has 0 radical (unpaired) electrons. The van der Waals surface area contributed by atoms with Crippen LogP contribution in [0.25, 0.3) is 0 Å². The Morgan fingerprint density at radius 2 is 1.69 bits per heavy atom. The van der Waals surface area contributed by atoms with Crippen molar-refractivity contribution in [1.29, 1.82) is 0 Å². The van der Waals surface area contributed by atoms with Gasteiger partial charge < -0.3 is 33.7 Å². The maximum Gasteiger partial charge on any atom is 0.573 e. The van der Waals surface area contributed by atoms with Crippen LogP contribution in [0.5, 0.6) is 17.2 Å². The van der Waals surface area contributed by atoms with E-state index >= 15 is 0 Å². The molecule has 1 aromatic heterocycles. The molecule has 1 amide bonds. The molecule has 1 saturated heterocycles. The van der Waals surface area contributed by atoms with Gasteiger partial charge in [0.25, 0.3) is 5.91 Å². The average Bonchev–Trinajstić information content (AvgIpc) is 3.10. The highest BCUT2D eigenvalue weighted by Gasteiger charge is 2.36. The molecule has 14 heteroatoms. The van der Waals surface area contributed by atoms with Crippen LogP contribution >= 0.6 is 0 Å². The van der Waals surface area contributed by atoms with Crippen LogP contribution in [0.4, 0.5) is 13.2 Å². The molecule has 2 heterocycles. The lowest BCUT2D eigenvalue weighted by atomic mass is 9.80. The molecule has 0 bridgehead atoms. The molecule has 49 heavy (non-hydrogen) atoms. The first kappa shape index (κ1) is 37.0. The number of cyclic esters (lactones) is 1. The van der Waals surface area contributed by atoms with Crippen LogP contribution in [0.1, 0.15) is 42.4 Å². The van der Waals surface area contributed by atoms with E-state index in [1.807, 2.05) is 30.3 Å². The van der Waals surface area contributed by atoms with Crippen LogP contribution in [-0.2, 0) is 36.6 Å². The van der Waals surface area contributed by atoms with E-state index in [9.17, 15) is 27.6 Å². The van der Waals surface area contributed by atoms with Gasteiger partial charge in [0.1, 0.15) is 11.9 Å². The summed E-state index contributed by atoms with van der Waals surface area (Å²) in [6, 6.07) is 15.4. The van der Waals surface area contributed by atoms with E-state index in [2.05, 4.69) is 15.0 Å². The first-order valence-electron chi connectivity index (χ1n) is 15.6. The zero-order chi connectivity index (χ0) is 35.6. The molecule has 4 rings (SSSR count). The van der Waals surface area contributed by atoms with Crippen molar-refractivity contribution in [3.05, 3.63) is 83.7 Å². The molecule has 4 atom stereocenters. The summed E-state index contributed by atoms with van der Waals surface area (Å²) in [5.41, 5.74) is 1.51. The standard InChI is InChI=1S/C35H39F3N2O9/c1-21(2)33(42)47-20-46-31-29(44-4)14-15-39-30(31)32(41)40-28-19-45-18-25(16-23-8-6-5-7-9-23)27(22(3)48-34(28)43)17-24-10-12-26(13-11-24)49-35(36,37)38/h5-15,21-22,25,27-28H,16-20H2,1-4H3,(H,40,41)/t22-,25-,27-,28-/m0/s1. The number of nitrogens with one attached hydrogen (secondary N) is 1. The molecular formula is C35H39F3N2O9. The Bertz CT molecular complexity index is 1550. The second-order valence-electron chi connectivity index (χ2n) is 11.8. The maximum atomic E-state index is 13.5. The summed E-state index contributed by atoms with van der Waals surface area (Å²) in [7, 11) is 1.36. The predicted molar refractivity (Wildman–Crippen MR) is 169 cm³/mol. The van der Waals surface area contributed by atoms with E-state index in [1.54, 1.807) is 20.8 Å². The van der Waals surface area contributed by atoms with E-state index in [4.69, 9.17) is 23.7 Å². The van der Waals surface area contributed by atoms with E-state index in [-0.39, 0.29) is 48.0 Å². The average molecular weight is 689 g/mol. The number of hydrogen-bond donors (Lipinski definition) is 1. The topological polar surface area (TPSA) is 132 Å². The van der Waals surface area contributed by atoms with Gasteiger partial charge in [0.05, 0.1) is 26.2 Å². The fourth-order valence-corrected chi connectivity index (χ4v) is 5.36. The Kier molecular flexibility index (Phi) is 12.8. The highest BCUT2D eigenvalue weighted by atomic mass is 19.4. The van der Waals surface area contributed by atoms with E-state index in [0.29, 0.717) is 18.4 Å². The Morgan fingerprint density at radius 3 is 2.35 bits per heavy atom. The summed E-state index contributed by atoms with van der Waals surface area (Å²) in [5, 5.41) is 2.61. The van der Waals surface area contributed by atoms with Gasteiger partial charge in [-0.15, -0.1) is 13.2 Å². The van der Waals surface area contributed by atoms with Crippen LogP contribution < -0.4 is 19.5 Å². The number of benzene rings is 2. The van der Waals surface area contributed by atoms with Crippen LogP contribution in [0.15, 0.2) is 66.9 Å². The van der Waals surface area contributed by atoms with Gasteiger partial charge in [0.15, 0.2) is 23.2 Å². The van der Waals surface area contributed by atoms with Gasteiger partial charge >= 0.3 is 18.3 Å². The number of aromatic nitrogens is 1. The number of alkyl halides is 3. The van der Waals surface area contributed by atoms with Gasteiger partial charge in [-0.1, -0.05) is 56.3 Å². The van der Waals surface area contributed by atoms with E-state index in [0.717, 1.165) is 5.56 Å². The molecule has 1 fully saturated rings. The number of carbonyl (C=O) groups is 3. The molecule has 1 aliphatic heterocycles. The highest BCUT2D eigenvalue weighted by molar-refractivity contribution is 5.98. The Labute approximate surface area is 282 Å². The SMILES string of the molecule is COc1ccnc(C(=O)N[C@H]2COC[C@H](Cc3ccccc3)[C@@H](Cc3ccc(OC(F)(F)F)cc3)[C@H](C)OC2=O)c1OCOC(=O)C(C)C. The van der Waals surface area contributed by atoms with Crippen molar-refractivity contribution in [1.82, 2.24) is 10.3 Å². The number of carbonyl (C=O) groups excluding carboxylic acids is 3. The van der Waals surface area contributed by atoms with Crippen molar-refractivity contribution in [2.75, 3.05) is 27.1 Å². The normalized spacial score (nSPS) is 19.9. The third-order valence-electron chi connectivity index (χ3n) is 7.87. The number of methoxy groups -OCH3 is 1. The number of ether oxygens (including phenoxy) is 6. The van der Waals surface area contributed by atoms with Crippen molar-refractivity contribution < 1.29 is 56.0 Å². The van der Waals surface area contributed by atoms with Gasteiger partial charge in [0, 0.05) is 18.2 Å². The minimum absolute atomic E-state index is 0.0978. The third kappa shape index (κ3) is 10.8. The summed E-state index contributed by atoms with van der Waals surface area (Å²) in [6.45, 7) is 4.52. The van der Waals surface area contributed by atoms with Crippen molar-refractivity contribution in [2.45, 2.75) is 52.1 Å². The van der Waals surface area contributed by atoms with Gasteiger partial charge in [0.2, 0.25) is 6.79 Å². The van der Waals surface area contributed by atoms with Crippen molar-refractivity contribution in [3.8, 4) is 17.2 Å². The third-order valence-corrected chi connectivity index (χ3v) is 7.87. The maximum absolute atomic E-state index is 13.5. The molecule has 11 nitrogen and oxygen atoms in total. The second kappa shape index (κ2) is 17.0. The minimum Gasteiger partial charge on any atom is -0.493 e. The monoisotopic (exact) mass is 688 g/mol. The van der Waals surface area contributed by atoms with E-state index in [1.165, 1.54) is 43.6 Å². The molecule has 1 aliphatic rings. The number of pyridine rings is 1. The zero-order valence-electron chi connectivity index (χ0n) is 27.5. The molecular weight excluding hydrogens is 649 g/mol. The summed E-state index contributed by atoms with van der Waals surface area (Å²) in [4.78, 5) is 43.0. The Hall–Kier alpha value is -4.85. The molecule has 2 aromatic carbocycles. The quantitative estimate of drug-likeness (QED) is 0.198. The molecule has 0 aliphatic carbocycles. The van der Waals surface area contributed by atoms with Crippen molar-refractivity contribution >= 4 is 17.8 Å². The van der Waals surface area contributed by atoms with E-state index < -0.39 is 49.1 Å². The molecule has 0 saturated carbocycles. The first-order valence-corrected chi connectivity index (χ1v) is 15.6. The predicted octanol–water partition coefficient (Wildman–Crippen LogP) is 5.30. The summed E-state index contributed by atoms with van der Waals surface area (Å²) in [6.07, 6.45) is -3.25. The fourth-order valence-electron chi connectivity index (χ4n) is 5.36. The molecule has 0 spiro atoms. The largest absolute Gasteiger partial charge is 0.573 e. The zero-order valence-corrected chi connectivity index (χ0v) is 27.5. The molecule has 1 N–H and O–H groups in total. The van der Waals surface area contributed by atoms with Crippen LogP contribution in [-0.4, -0.2) is 68.5 Å². The molecule has 0 unspecified atom stereocenters. The fraction of sp³-hybridized carbons (Fsp3) is 0.429. The molecule has 264 valence electrons. The number of nitrogens with zero attached hydrogens (tertiary/aromatic N) is 1. The number of hydrogen-bond acceptors (Lipinski definition) is 10. The first-order chi connectivity index (χ1) is 23.3. The Balaban J connectivity index is 1.53. The van der Waals surface area contributed by atoms with Crippen LogP contribution in [0.2, 0.25) is 0 Å². The van der Waals surface area contributed by atoms with Crippen molar-refractivity contribution in [3.63, 3.8) is 0 Å². The number of esters is 2. The number of halogens is 3. The summed E-state index contributed by atoms with van der Waals surface area (Å²) >= 11 is 0. The molecule has 3 aromatic rings. The lowest BCUT2D eigenvalue weighted by molar-refractivity contribution is -0.274. The van der Waals surface area contributed by atoms with Crippen molar-refractivity contribution in [2.24, 2.45) is 17.8 Å². The van der Waals surface area contributed by atoms with Crippen LogP contribution in [0.3, 0.4) is 0 Å². The van der Waals surface area contributed by atoms with Gasteiger partial charge in [-0.05, 0) is 48.9 Å². The number of amides is 1. The van der Waals surface area contributed by atoms with Gasteiger partial charge in [-0.3, -0.25) is 9.59 Å². The Morgan fingerprint density at radius 1 is 1.00 bits per heavy atom. The summed E-state index contributed by atoms with van der Waals surface area (Å²) < 4.78 is 70.0. The lowest BCUT2D eigenvalue weighted by Gasteiger charge is -2.31.